The molecule has 1 aliphatic heterocycles. The lowest BCUT2D eigenvalue weighted by molar-refractivity contribution is -0.392. The first-order valence-electron chi connectivity index (χ1n) is 6.63. The zero-order chi connectivity index (χ0) is 15.7. The molecule has 0 N–H and O–H groups in total. The predicted molar refractivity (Wildman–Crippen MR) is 76.7 cm³/mol. The second kappa shape index (κ2) is 5.65. The highest BCUT2D eigenvalue weighted by Gasteiger charge is 2.34. The van der Waals surface area contributed by atoms with Gasteiger partial charge in [-0.3, -0.25) is 20.2 Å². The number of anilines is 1. The van der Waals surface area contributed by atoms with E-state index >= 15 is 0 Å². The van der Waals surface area contributed by atoms with Gasteiger partial charge in [0, 0.05) is 25.2 Å². The maximum Gasteiger partial charge on any atom is 0.299 e. The number of hydrogen-bond acceptors (Lipinski definition) is 6. The standard InChI is InChI=1S/C13H17N3O5/c1-8-4-11(15(17)18)13(12(5-8)16(19)20)14-6-9(2)21-10(3)7-14/h4-5,9-10H,6-7H2,1-3H3/t9-,10+. The van der Waals surface area contributed by atoms with Crippen LogP contribution in [0.4, 0.5) is 17.1 Å². The van der Waals surface area contributed by atoms with Gasteiger partial charge in [0.05, 0.1) is 22.1 Å². The molecule has 1 aromatic carbocycles. The number of ether oxygens (including phenoxy) is 1. The number of hydrogen-bond donors (Lipinski definition) is 0. The minimum atomic E-state index is -0.569. The Bertz CT molecular complexity index is 544. The summed E-state index contributed by atoms with van der Waals surface area (Å²) in [6.45, 7) is 6.06. The molecule has 0 aromatic heterocycles. The van der Waals surface area contributed by atoms with Crippen LogP contribution >= 0.6 is 0 Å². The summed E-state index contributed by atoms with van der Waals surface area (Å²) in [5.41, 5.74) is 0.0927. The van der Waals surface area contributed by atoms with E-state index in [1.807, 2.05) is 13.8 Å². The highest BCUT2D eigenvalue weighted by Crippen LogP contribution is 2.39. The van der Waals surface area contributed by atoms with Crippen LogP contribution in [0.5, 0.6) is 0 Å². The first-order chi connectivity index (χ1) is 9.79. The molecule has 1 fully saturated rings. The van der Waals surface area contributed by atoms with Crippen LogP contribution in [0.15, 0.2) is 12.1 Å². The topological polar surface area (TPSA) is 98.8 Å². The highest BCUT2D eigenvalue weighted by molar-refractivity contribution is 5.76. The van der Waals surface area contributed by atoms with E-state index in [-0.39, 0.29) is 29.3 Å². The maximum absolute atomic E-state index is 11.3. The van der Waals surface area contributed by atoms with E-state index in [1.54, 1.807) is 11.8 Å². The molecule has 0 amide bonds. The molecular weight excluding hydrogens is 278 g/mol. The fourth-order valence-corrected chi connectivity index (χ4v) is 2.70. The van der Waals surface area contributed by atoms with Crippen LogP contribution in [0.1, 0.15) is 19.4 Å². The normalized spacial score (nSPS) is 22.1. The molecule has 0 spiro atoms. The van der Waals surface area contributed by atoms with Crippen LogP contribution in [0.25, 0.3) is 0 Å². The minimum Gasteiger partial charge on any atom is -0.372 e. The average molecular weight is 295 g/mol. The molecule has 2 atom stereocenters. The molecule has 1 aliphatic rings. The Kier molecular flexibility index (Phi) is 4.08. The summed E-state index contributed by atoms with van der Waals surface area (Å²) in [5.74, 6) is 0. The second-order valence-electron chi connectivity index (χ2n) is 5.33. The van der Waals surface area contributed by atoms with Crippen LogP contribution in [0.3, 0.4) is 0 Å². The summed E-state index contributed by atoms with van der Waals surface area (Å²) in [7, 11) is 0. The summed E-state index contributed by atoms with van der Waals surface area (Å²) in [6.07, 6.45) is -0.288. The number of aryl methyl sites for hydroxylation is 1. The monoisotopic (exact) mass is 295 g/mol. The highest BCUT2D eigenvalue weighted by atomic mass is 16.6. The van der Waals surface area contributed by atoms with Crippen LogP contribution < -0.4 is 4.90 Å². The van der Waals surface area contributed by atoms with Gasteiger partial charge in [-0.15, -0.1) is 0 Å². The van der Waals surface area contributed by atoms with E-state index < -0.39 is 9.85 Å². The fraction of sp³-hybridized carbons (Fsp3) is 0.538. The first-order valence-corrected chi connectivity index (χ1v) is 6.63. The molecule has 114 valence electrons. The molecule has 1 heterocycles. The Labute approximate surface area is 121 Å². The number of benzene rings is 1. The van der Waals surface area contributed by atoms with Crippen LogP contribution in [-0.4, -0.2) is 35.1 Å². The van der Waals surface area contributed by atoms with Crippen molar-refractivity contribution < 1.29 is 14.6 Å². The lowest BCUT2D eigenvalue weighted by atomic mass is 10.1. The van der Waals surface area contributed by atoms with Crippen molar-refractivity contribution in [2.75, 3.05) is 18.0 Å². The minimum absolute atomic E-state index is 0.0672. The summed E-state index contributed by atoms with van der Waals surface area (Å²) in [4.78, 5) is 23.1. The quantitative estimate of drug-likeness (QED) is 0.627. The smallest absolute Gasteiger partial charge is 0.299 e. The Morgan fingerprint density at radius 2 is 1.52 bits per heavy atom. The summed E-state index contributed by atoms with van der Waals surface area (Å²) < 4.78 is 5.58. The van der Waals surface area contributed by atoms with Gasteiger partial charge in [0.25, 0.3) is 11.4 Å². The van der Waals surface area contributed by atoms with E-state index in [0.29, 0.717) is 18.7 Å². The van der Waals surface area contributed by atoms with Gasteiger partial charge in [-0.1, -0.05) is 0 Å². The Morgan fingerprint density at radius 3 is 1.90 bits per heavy atom. The number of nitro benzene ring substituents is 2. The number of rotatable bonds is 3. The van der Waals surface area contributed by atoms with Crippen molar-refractivity contribution in [2.24, 2.45) is 0 Å². The fourth-order valence-electron chi connectivity index (χ4n) is 2.70. The van der Waals surface area contributed by atoms with Crippen LogP contribution in [-0.2, 0) is 4.74 Å². The molecule has 2 rings (SSSR count). The van der Waals surface area contributed by atoms with Crippen LogP contribution in [0.2, 0.25) is 0 Å². The third-order valence-electron chi connectivity index (χ3n) is 3.34. The Hall–Kier alpha value is -2.22. The van der Waals surface area contributed by atoms with E-state index in [9.17, 15) is 20.2 Å². The van der Waals surface area contributed by atoms with Gasteiger partial charge in [0.1, 0.15) is 0 Å². The van der Waals surface area contributed by atoms with E-state index in [0.717, 1.165) is 0 Å². The van der Waals surface area contributed by atoms with Crippen molar-refractivity contribution in [1.82, 2.24) is 0 Å². The van der Waals surface area contributed by atoms with Crippen molar-refractivity contribution >= 4 is 17.1 Å². The molecule has 0 radical (unpaired) electrons. The van der Waals surface area contributed by atoms with Crippen molar-refractivity contribution in [3.05, 3.63) is 37.9 Å². The molecule has 1 saturated heterocycles. The lowest BCUT2D eigenvalue weighted by Gasteiger charge is -2.36. The zero-order valence-corrected chi connectivity index (χ0v) is 12.1. The largest absolute Gasteiger partial charge is 0.372 e. The average Bonchev–Trinajstić information content (AvgIpc) is 2.36. The summed E-state index contributed by atoms with van der Waals surface area (Å²) in [5, 5.41) is 22.6. The van der Waals surface area contributed by atoms with E-state index in [4.69, 9.17) is 4.74 Å². The molecule has 0 bridgehead atoms. The second-order valence-corrected chi connectivity index (χ2v) is 5.33. The van der Waals surface area contributed by atoms with Crippen molar-refractivity contribution in [2.45, 2.75) is 33.0 Å². The molecule has 0 saturated carbocycles. The third kappa shape index (κ3) is 3.10. The van der Waals surface area contributed by atoms with Crippen molar-refractivity contribution in [1.29, 1.82) is 0 Å². The molecule has 0 unspecified atom stereocenters. The zero-order valence-electron chi connectivity index (χ0n) is 12.1. The predicted octanol–water partition coefficient (Wildman–Crippen LogP) is 2.43. The SMILES string of the molecule is Cc1cc([N+](=O)[O-])c(N2C[C@@H](C)O[C@@H](C)C2)c([N+](=O)[O-])c1. The molecule has 0 aliphatic carbocycles. The molecule has 8 nitrogen and oxygen atoms in total. The number of nitrogens with zero attached hydrogens (tertiary/aromatic N) is 3. The van der Waals surface area contributed by atoms with Gasteiger partial charge in [-0.25, -0.2) is 0 Å². The number of nitro groups is 2. The van der Waals surface area contributed by atoms with Gasteiger partial charge >= 0.3 is 0 Å². The van der Waals surface area contributed by atoms with Gasteiger partial charge in [-0.2, -0.15) is 0 Å². The Morgan fingerprint density at radius 1 is 1.10 bits per heavy atom. The van der Waals surface area contributed by atoms with Crippen molar-refractivity contribution in [3.63, 3.8) is 0 Å². The first kappa shape index (κ1) is 15.2. The lowest BCUT2D eigenvalue weighted by Crippen LogP contribution is -2.45. The summed E-state index contributed by atoms with van der Waals surface area (Å²) in [6, 6.07) is 2.74. The van der Waals surface area contributed by atoms with Crippen LogP contribution in [0, 0.1) is 27.2 Å². The van der Waals surface area contributed by atoms with Gasteiger partial charge in [-0.05, 0) is 26.3 Å². The van der Waals surface area contributed by atoms with Gasteiger partial charge < -0.3 is 9.64 Å². The maximum atomic E-state index is 11.3. The van der Waals surface area contributed by atoms with Gasteiger partial charge in [0.2, 0.25) is 0 Å². The molecule has 1 aromatic rings. The third-order valence-corrected chi connectivity index (χ3v) is 3.34. The van der Waals surface area contributed by atoms with E-state index in [2.05, 4.69) is 0 Å². The molecule has 21 heavy (non-hydrogen) atoms. The molecular formula is C13H17N3O5. The van der Waals surface area contributed by atoms with Crippen molar-refractivity contribution in [3.8, 4) is 0 Å². The molecule has 8 heteroatoms. The number of morpholine rings is 1. The Balaban J connectivity index is 2.59. The summed E-state index contributed by atoms with van der Waals surface area (Å²) >= 11 is 0. The van der Waals surface area contributed by atoms with E-state index in [1.165, 1.54) is 12.1 Å². The van der Waals surface area contributed by atoms with Gasteiger partial charge in [0.15, 0.2) is 5.69 Å².